The number of aryl methyl sites for hydroxylation is 1. The number of nitrogens with zero attached hydrogens (tertiary/aromatic N) is 1. The number of aliphatic hydroxyl groups excluding tert-OH is 1. The predicted octanol–water partition coefficient (Wildman–Crippen LogP) is 2.23. The van der Waals surface area contributed by atoms with Crippen molar-refractivity contribution in [3.63, 3.8) is 0 Å². The molecule has 0 radical (unpaired) electrons. The van der Waals surface area contributed by atoms with Crippen LogP contribution < -0.4 is 10.6 Å². The molecule has 0 unspecified atom stereocenters. The molecule has 0 atom stereocenters. The van der Waals surface area contributed by atoms with Crippen molar-refractivity contribution >= 4 is 29.2 Å². The SMILES string of the molecule is COC(=O)C1=C(Nc2ccc(C(=O)Nc3cccc(C)c3C)cc2)C(=O)N(CCO)C1. The molecule has 0 saturated carbocycles. The van der Waals surface area contributed by atoms with Crippen molar-refractivity contribution in [2.75, 3.05) is 37.4 Å². The van der Waals surface area contributed by atoms with Gasteiger partial charge in [-0.25, -0.2) is 4.79 Å². The van der Waals surface area contributed by atoms with Gasteiger partial charge >= 0.3 is 5.97 Å². The van der Waals surface area contributed by atoms with Crippen LogP contribution in [0, 0.1) is 13.8 Å². The molecule has 0 aliphatic carbocycles. The van der Waals surface area contributed by atoms with E-state index >= 15 is 0 Å². The lowest BCUT2D eigenvalue weighted by atomic mass is 10.1. The number of benzene rings is 2. The highest BCUT2D eigenvalue weighted by atomic mass is 16.5. The third-order valence-corrected chi connectivity index (χ3v) is 5.22. The quantitative estimate of drug-likeness (QED) is 0.590. The molecule has 0 bridgehead atoms. The number of β-amino-alcohol motifs (C(OH)–C–C–N with tert-alkyl or cyclic N) is 1. The number of carbonyl (C=O) groups is 3. The van der Waals surface area contributed by atoms with E-state index in [-0.39, 0.29) is 36.9 Å². The number of nitrogens with one attached hydrogen (secondary N) is 2. The summed E-state index contributed by atoms with van der Waals surface area (Å²) in [5.41, 5.74) is 4.13. The fourth-order valence-electron chi connectivity index (χ4n) is 3.28. The van der Waals surface area contributed by atoms with Gasteiger partial charge in [0.2, 0.25) is 0 Å². The average molecular weight is 423 g/mol. The summed E-state index contributed by atoms with van der Waals surface area (Å²) in [6.07, 6.45) is 0. The number of rotatable bonds is 7. The second-order valence-corrected chi connectivity index (χ2v) is 7.20. The summed E-state index contributed by atoms with van der Waals surface area (Å²) in [7, 11) is 1.25. The van der Waals surface area contributed by atoms with Gasteiger partial charge in [0.1, 0.15) is 5.70 Å². The zero-order valence-corrected chi connectivity index (χ0v) is 17.7. The van der Waals surface area contributed by atoms with E-state index in [2.05, 4.69) is 10.6 Å². The molecule has 0 saturated heterocycles. The molecule has 8 heteroatoms. The maximum absolute atomic E-state index is 12.6. The summed E-state index contributed by atoms with van der Waals surface area (Å²) >= 11 is 0. The van der Waals surface area contributed by atoms with Crippen molar-refractivity contribution in [3.05, 3.63) is 70.4 Å². The minimum Gasteiger partial charge on any atom is -0.466 e. The molecule has 0 spiro atoms. The van der Waals surface area contributed by atoms with Crippen LogP contribution in [0.15, 0.2) is 53.7 Å². The Balaban J connectivity index is 1.76. The molecule has 0 aromatic heterocycles. The molecule has 31 heavy (non-hydrogen) atoms. The Bertz CT molecular complexity index is 1040. The summed E-state index contributed by atoms with van der Waals surface area (Å²) in [5.74, 6) is -1.26. The maximum atomic E-state index is 12.6. The summed E-state index contributed by atoms with van der Waals surface area (Å²) in [6.45, 7) is 3.89. The largest absolute Gasteiger partial charge is 0.466 e. The Morgan fingerprint density at radius 3 is 2.48 bits per heavy atom. The first-order valence-corrected chi connectivity index (χ1v) is 9.82. The van der Waals surface area contributed by atoms with Gasteiger partial charge < -0.3 is 25.4 Å². The third-order valence-electron chi connectivity index (χ3n) is 5.22. The summed E-state index contributed by atoms with van der Waals surface area (Å²) < 4.78 is 4.77. The predicted molar refractivity (Wildman–Crippen MR) is 117 cm³/mol. The molecule has 3 N–H and O–H groups in total. The molecule has 1 heterocycles. The van der Waals surface area contributed by atoms with Gasteiger partial charge in [-0.3, -0.25) is 9.59 Å². The van der Waals surface area contributed by atoms with E-state index in [0.717, 1.165) is 16.8 Å². The average Bonchev–Trinajstić information content (AvgIpc) is 3.07. The minimum absolute atomic E-state index is 0.0603. The Morgan fingerprint density at radius 1 is 1.13 bits per heavy atom. The highest BCUT2D eigenvalue weighted by Crippen LogP contribution is 2.23. The lowest BCUT2D eigenvalue weighted by Crippen LogP contribution is -2.31. The van der Waals surface area contributed by atoms with Crippen molar-refractivity contribution in [1.29, 1.82) is 0 Å². The van der Waals surface area contributed by atoms with Crippen LogP contribution in [0.4, 0.5) is 11.4 Å². The van der Waals surface area contributed by atoms with Crippen LogP contribution >= 0.6 is 0 Å². The highest BCUT2D eigenvalue weighted by molar-refractivity contribution is 6.09. The Morgan fingerprint density at radius 2 is 1.84 bits per heavy atom. The summed E-state index contributed by atoms with van der Waals surface area (Å²) in [5, 5.41) is 15.0. The fourth-order valence-corrected chi connectivity index (χ4v) is 3.28. The van der Waals surface area contributed by atoms with E-state index in [1.54, 1.807) is 24.3 Å². The number of hydrogen-bond donors (Lipinski definition) is 3. The van der Waals surface area contributed by atoms with E-state index in [0.29, 0.717) is 11.3 Å². The molecular weight excluding hydrogens is 398 g/mol. The number of carbonyl (C=O) groups excluding carboxylic acids is 3. The maximum Gasteiger partial charge on any atom is 0.337 e. The van der Waals surface area contributed by atoms with Crippen molar-refractivity contribution < 1.29 is 24.2 Å². The molecule has 2 aromatic rings. The van der Waals surface area contributed by atoms with E-state index in [1.165, 1.54) is 12.0 Å². The van der Waals surface area contributed by atoms with Crippen molar-refractivity contribution in [2.24, 2.45) is 0 Å². The number of aliphatic hydroxyl groups is 1. The summed E-state index contributed by atoms with van der Waals surface area (Å²) in [6, 6.07) is 12.3. The number of amides is 2. The van der Waals surface area contributed by atoms with Gasteiger partial charge in [0, 0.05) is 23.5 Å². The lowest BCUT2D eigenvalue weighted by Gasteiger charge is -2.15. The van der Waals surface area contributed by atoms with E-state index in [9.17, 15) is 14.4 Å². The van der Waals surface area contributed by atoms with Crippen LogP contribution in [-0.4, -0.2) is 54.6 Å². The topological polar surface area (TPSA) is 108 Å². The standard InChI is InChI=1S/C23H25N3O5/c1-14-5-4-6-19(15(14)2)25-21(28)16-7-9-17(10-8-16)24-20-18(23(30)31-3)13-26(11-12-27)22(20)29/h4-10,24,27H,11-13H2,1-3H3,(H,25,28). The van der Waals surface area contributed by atoms with Gasteiger partial charge in [-0.1, -0.05) is 12.1 Å². The van der Waals surface area contributed by atoms with Crippen LogP contribution in [-0.2, 0) is 14.3 Å². The van der Waals surface area contributed by atoms with Gasteiger partial charge in [-0.2, -0.15) is 0 Å². The van der Waals surface area contributed by atoms with Crippen LogP contribution in [0.2, 0.25) is 0 Å². The number of anilines is 2. The fraction of sp³-hybridized carbons (Fsp3) is 0.261. The third kappa shape index (κ3) is 4.75. The second-order valence-electron chi connectivity index (χ2n) is 7.20. The first kappa shape index (κ1) is 22.0. The molecule has 1 aliphatic rings. The Labute approximate surface area is 180 Å². The Hall–Kier alpha value is -3.65. The molecular formula is C23H25N3O5. The molecule has 0 fully saturated rings. The number of esters is 1. The van der Waals surface area contributed by atoms with Crippen LogP contribution in [0.25, 0.3) is 0 Å². The van der Waals surface area contributed by atoms with Crippen molar-refractivity contribution in [1.82, 2.24) is 4.90 Å². The summed E-state index contributed by atoms with van der Waals surface area (Å²) in [4.78, 5) is 38.6. The van der Waals surface area contributed by atoms with E-state index in [1.807, 2.05) is 32.0 Å². The smallest absolute Gasteiger partial charge is 0.337 e. The first-order valence-electron chi connectivity index (χ1n) is 9.82. The van der Waals surface area contributed by atoms with Crippen molar-refractivity contribution in [2.45, 2.75) is 13.8 Å². The van der Waals surface area contributed by atoms with E-state index in [4.69, 9.17) is 9.84 Å². The first-order chi connectivity index (χ1) is 14.8. The van der Waals surface area contributed by atoms with Crippen LogP contribution in [0.5, 0.6) is 0 Å². The van der Waals surface area contributed by atoms with Crippen molar-refractivity contribution in [3.8, 4) is 0 Å². The molecule has 1 aliphatic heterocycles. The molecule has 2 amide bonds. The molecule has 8 nitrogen and oxygen atoms in total. The zero-order valence-electron chi connectivity index (χ0n) is 17.7. The van der Waals surface area contributed by atoms with E-state index < -0.39 is 11.9 Å². The lowest BCUT2D eigenvalue weighted by molar-refractivity contribution is -0.136. The monoisotopic (exact) mass is 423 g/mol. The number of methoxy groups -OCH3 is 1. The Kier molecular flexibility index (Phi) is 6.71. The highest BCUT2D eigenvalue weighted by Gasteiger charge is 2.34. The van der Waals surface area contributed by atoms with Gasteiger partial charge in [0.15, 0.2) is 0 Å². The van der Waals surface area contributed by atoms with Crippen LogP contribution in [0.3, 0.4) is 0 Å². The number of hydrogen-bond acceptors (Lipinski definition) is 6. The molecule has 2 aromatic carbocycles. The van der Waals surface area contributed by atoms with Gasteiger partial charge in [-0.05, 0) is 55.3 Å². The molecule has 3 rings (SSSR count). The van der Waals surface area contributed by atoms with Gasteiger partial charge in [-0.15, -0.1) is 0 Å². The normalized spacial score (nSPS) is 13.4. The van der Waals surface area contributed by atoms with Gasteiger partial charge in [0.25, 0.3) is 11.8 Å². The van der Waals surface area contributed by atoms with Crippen LogP contribution in [0.1, 0.15) is 21.5 Å². The number of ether oxygens (including phenoxy) is 1. The zero-order chi connectivity index (χ0) is 22.5. The second kappa shape index (κ2) is 9.44. The molecule has 162 valence electrons. The van der Waals surface area contributed by atoms with Gasteiger partial charge in [0.05, 0.1) is 25.8 Å². The minimum atomic E-state index is -0.610.